The van der Waals surface area contributed by atoms with Crippen LogP contribution in [0.4, 0.5) is 0 Å². The number of hydrogen-bond donors (Lipinski definition) is 3. The Labute approximate surface area is 369 Å². The lowest BCUT2D eigenvalue weighted by Gasteiger charge is -2.39. The number of esters is 1. The number of phenols is 1. The second-order valence-corrected chi connectivity index (χ2v) is 23.8. The molecule has 1 aliphatic heterocycles. The first kappa shape index (κ1) is 44.1. The predicted octanol–water partition coefficient (Wildman–Crippen LogP) is 9.28. The number of nitrogens with one attached hydrogen (secondary N) is 2. The van der Waals surface area contributed by atoms with E-state index in [9.17, 15) is 19.5 Å². The van der Waals surface area contributed by atoms with Gasteiger partial charge >= 0.3 is 11.7 Å². The zero-order valence-corrected chi connectivity index (χ0v) is 38.5. The normalized spacial score (nSPS) is 17.9. The number of hydrogen-bond acceptors (Lipinski definition) is 10. The van der Waals surface area contributed by atoms with Crippen LogP contribution in [0.5, 0.6) is 17.2 Å². The average Bonchev–Trinajstić information content (AvgIpc) is 3.57. The van der Waals surface area contributed by atoms with Gasteiger partial charge in [0.2, 0.25) is 5.56 Å². The minimum absolute atomic E-state index is 0.0123. The van der Waals surface area contributed by atoms with E-state index in [0.717, 1.165) is 71.8 Å². The van der Waals surface area contributed by atoms with Gasteiger partial charge in [0, 0.05) is 48.3 Å². The van der Waals surface area contributed by atoms with Crippen molar-refractivity contribution in [1.82, 2.24) is 19.8 Å². The van der Waals surface area contributed by atoms with Gasteiger partial charge in [-0.3, -0.25) is 14.2 Å². The number of para-hydroxylation sites is 2. The van der Waals surface area contributed by atoms with E-state index < -0.39 is 13.7 Å². The molecule has 6 aromatic rings. The zero-order chi connectivity index (χ0) is 44.7. The van der Waals surface area contributed by atoms with Crippen LogP contribution in [-0.2, 0) is 32.5 Å². The van der Waals surface area contributed by atoms with Crippen LogP contribution < -0.4 is 21.4 Å². The Bertz CT molecular complexity index is 2700. The maximum Gasteiger partial charge on any atom is 0.419 e. The molecule has 1 saturated carbocycles. The summed E-state index contributed by atoms with van der Waals surface area (Å²) in [7, 11) is -0.109. The Morgan fingerprint density at radius 2 is 1.65 bits per heavy atom. The summed E-state index contributed by atoms with van der Waals surface area (Å²) in [4.78, 5) is 44.4. The third kappa shape index (κ3) is 8.89. The number of aromatic nitrogens is 2. The Balaban J connectivity index is 0.853. The molecule has 8 rings (SSSR count). The van der Waals surface area contributed by atoms with Crippen LogP contribution in [-0.4, -0.2) is 66.1 Å². The maximum atomic E-state index is 14.0. The van der Waals surface area contributed by atoms with E-state index >= 15 is 0 Å². The standard InChI is InChI=1S/C50H60N4O8Si/c1-49(2,3)63(6,7)62-44(35-22-25-40(55)46-36(35)23-26-45(56)52-46)31-51-30-32-17-24-39-43(29-32)61-48(58)54(39)28-12-27-53(5)33-18-20-34(21-19-33)59-47(57)50(4)37-13-8-10-15-41(37)60-42-16-11-9-14-38(42)50/h8-11,13-17,22-26,29,33-34,44,51,55H,12,18-21,27-28,30-31H2,1-7H3,(H,52,56)/t33-,34-,44-/m0/s1. The van der Waals surface area contributed by atoms with Gasteiger partial charge in [0.15, 0.2) is 13.9 Å². The number of phenolic OH excluding ortho intramolecular Hbond substituents is 1. The molecule has 0 unspecified atom stereocenters. The highest BCUT2D eigenvalue weighted by Crippen LogP contribution is 2.49. The van der Waals surface area contributed by atoms with E-state index in [1.165, 1.54) is 6.07 Å². The number of pyridine rings is 1. The lowest BCUT2D eigenvalue weighted by Crippen LogP contribution is -2.43. The summed E-state index contributed by atoms with van der Waals surface area (Å²) in [6, 6.07) is 28.3. The van der Waals surface area contributed by atoms with Crippen LogP contribution in [0.1, 0.15) is 88.2 Å². The van der Waals surface area contributed by atoms with Gasteiger partial charge in [0.05, 0.1) is 17.1 Å². The molecule has 12 nitrogen and oxygen atoms in total. The number of nitrogens with zero attached hydrogens (tertiary/aromatic N) is 2. The number of fused-ring (bicyclic) bond motifs is 4. The van der Waals surface area contributed by atoms with E-state index in [-0.39, 0.29) is 40.3 Å². The molecular formula is C50H60N4O8Si. The Morgan fingerprint density at radius 1 is 0.968 bits per heavy atom. The molecule has 63 heavy (non-hydrogen) atoms. The molecule has 1 atom stereocenters. The first-order chi connectivity index (χ1) is 30.0. The molecular weight excluding hydrogens is 813 g/mol. The molecule has 2 aromatic heterocycles. The largest absolute Gasteiger partial charge is 0.506 e. The van der Waals surface area contributed by atoms with Crippen molar-refractivity contribution in [1.29, 1.82) is 0 Å². The van der Waals surface area contributed by atoms with Crippen molar-refractivity contribution in [3.63, 3.8) is 0 Å². The fourth-order valence-electron chi connectivity index (χ4n) is 9.02. The van der Waals surface area contributed by atoms with Gasteiger partial charge in [-0.25, -0.2) is 4.79 Å². The van der Waals surface area contributed by atoms with Crippen molar-refractivity contribution in [2.45, 2.75) is 115 Å². The van der Waals surface area contributed by atoms with Gasteiger partial charge in [-0.05, 0) is 118 Å². The van der Waals surface area contributed by atoms with E-state index in [2.05, 4.69) is 56.1 Å². The summed E-state index contributed by atoms with van der Waals surface area (Å²) < 4.78 is 26.9. The summed E-state index contributed by atoms with van der Waals surface area (Å²) in [6.07, 6.45) is 3.70. The highest BCUT2D eigenvalue weighted by Gasteiger charge is 2.47. The summed E-state index contributed by atoms with van der Waals surface area (Å²) in [6.45, 7) is 15.3. The molecule has 0 amide bonds. The molecule has 332 valence electrons. The van der Waals surface area contributed by atoms with Crippen LogP contribution in [0.3, 0.4) is 0 Å². The SMILES string of the molecule is CN(CCCn1c(=O)oc2cc(CNC[C@H](O[Si](C)(C)C(C)(C)C)c3ccc(O)c4[nH]c(=O)ccc34)ccc21)[C@H]1CC[C@H](OC(=O)C2(C)c3ccccc3Oc3ccccc32)CC1. The summed E-state index contributed by atoms with van der Waals surface area (Å²) in [5.74, 6) is 0.757. The van der Waals surface area contributed by atoms with Crippen LogP contribution in [0.15, 0.2) is 105 Å². The van der Waals surface area contributed by atoms with Gasteiger partial charge in [-0.1, -0.05) is 69.3 Å². The highest BCUT2D eigenvalue weighted by atomic mass is 28.4. The molecule has 4 aromatic carbocycles. The number of oxazole rings is 1. The van der Waals surface area contributed by atoms with Crippen molar-refractivity contribution >= 4 is 36.3 Å². The van der Waals surface area contributed by atoms with Crippen molar-refractivity contribution in [2.75, 3.05) is 20.1 Å². The summed E-state index contributed by atoms with van der Waals surface area (Å²) in [5, 5.41) is 14.8. The third-order valence-electron chi connectivity index (χ3n) is 13.8. The Morgan fingerprint density at radius 3 is 2.33 bits per heavy atom. The molecule has 0 bridgehead atoms. The molecule has 0 saturated heterocycles. The fraction of sp³-hybridized carbons (Fsp3) is 0.420. The number of carbonyl (C=O) groups is 1. The molecule has 3 heterocycles. The number of aromatic hydroxyl groups is 1. The van der Waals surface area contributed by atoms with Crippen LogP contribution >= 0.6 is 0 Å². The number of H-pyrrole nitrogens is 1. The minimum Gasteiger partial charge on any atom is -0.506 e. The third-order valence-corrected chi connectivity index (χ3v) is 18.3. The zero-order valence-electron chi connectivity index (χ0n) is 37.5. The minimum atomic E-state index is -2.24. The van der Waals surface area contributed by atoms with E-state index in [1.54, 1.807) is 16.7 Å². The quantitative estimate of drug-likeness (QED) is 0.0715. The van der Waals surface area contributed by atoms with Crippen molar-refractivity contribution in [3.8, 4) is 17.2 Å². The average molecular weight is 873 g/mol. The lowest BCUT2D eigenvalue weighted by molar-refractivity contribution is -0.156. The monoisotopic (exact) mass is 872 g/mol. The van der Waals surface area contributed by atoms with Crippen LogP contribution in [0.2, 0.25) is 18.1 Å². The molecule has 1 aliphatic carbocycles. The molecule has 0 spiro atoms. The first-order valence-electron chi connectivity index (χ1n) is 22.2. The summed E-state index contributed by atoms with van der Waals surface area (Å²) in [5.41, 5.74) is 3.94. The van der Waals surface area contributed by atoms with Gasteiger partial charge in [0.1, 0.15) is 28.8 Å². The smallest absolute Gasteiger partial charge is 0.419 e. The van der Waals surface area contributed by atoms with Gasteiger partial charge < -0.3 is 38.6 Å². The predicted molar refractivity (Wildman–Crippen MR) is 248 cm³/mol. The lowest BCUT2D eigenvalue weighted by atomic mass is 9.74. The number of aromatic amines is 1. The molecule has 13 heteroatoms. The van der Waals surface area contributed by atoms with Crippen LogP contribution in [0.25, 0.3) is 22.0 Å². The fourth-order valence-corrected chi connectivity index (χ4v) is 10.3. The molecule has 3 N–H and O–H groups in total. The van der Waals surface area contributed by atoms with Crippen molar-refractivity contribution < 1.29 is 28.2 Å². The Kier molecular flexibility index (Phi) is 12.3. The first-order valence-corrected chi connectivity index (χ1v) is 25.1. The van der Waals surface area contributed by atoms with Gasteiger partial charge in [-0.2, -0.15) is 0 Å². The maximum absolute atomic E-state index is 14.0. The number of aryl methyl sites for hydroxylation is 1. The van der Waals surface area contributed by atoms with Crippen LogP contribution in [0, 0.1) is 0 Å². The van der Waals surface area contributed by atoms with E-state index in [4.69, 9.17) is 18.3 Å². The van der Waals surface area contributed by atoms with Crippen molar-refractivity contribution in [2.24, 2.45) is 0 Å². The number of rotatable bonds is 14. The topological polar surface area (TPSA) is 148 Å². The van der Waals surface area contributed by atoms with Gasteiger partial charge in [-0.15, -0.1) is 0 Å². The molecule has 1 fully saturated rings. The van der Waals surface area contributed by atoms with Gasteiger partial charge in [0.25, 0.3) is 0 Å². The van der Waals surface area contributed by atoms with E-state index in [1.807, 2.05) is 79.7 Å². The number of carbonyl (C=O) groups excluding carboxylic acids is 1. The number of ether oxygens (including phenoxy) is 2. The highest BCUT2D eigenvalue weighted by molar-refractivity contribution is 6.74. The molecule has 0 radical (unpaired) electrons. The molecule has 2 aliphatic rings. The number of benzene rings is 4. The second-order valence-electron chi connectivity index (χ2n) is 19.0. The van der Waals surface area contributed by atoms with E-state index in [0.29, 0.717) is 48.3 Å². The Hall–Kier alpha value is -5.47. The van der Waals surface area contributed by atoms with Crippen molar-refractivity contribution in [3.05, 3.63) is 134 Å². The summed E-state index contributed by atoms with van der Waals surface area (Å²) >= 11 is 0. The second kappa shape index (κ2) is 17.6.